The zero-order chi connectivity index (χ0) is 5.98. The molecule has 8 heavy (non-hydrogen) atoms. The first-order valence-corrected chi connectivity index (χ1v) is 2.02. The fraction of sp³-hybridized carbons (Fsp3) is 0. The molecule has 0 aliphatic rings. The minimum atomic E-state index is -0.280. The summed E-state index contributed by atoms with van der Waals surface area (Å²) < 4.78 is 0. The molecular formula is C4H4N3O. The largest absolute Gasteiger partial charge is 0.383 e. The first-order chi connectivity index (χ1) is 3.79. The van der Waals surface area contributed by atoms with Gasteiger partial charge >= 0.3 is 0 Å². The Labute approximate surface area is 45.4 Å². The Bertz CT molecular complexity index is 229. The second kappa shape index (κ2) is 1.65. The van der Waals surface area contributed by atoms with E-state index in [1.54, 1.807) is 0 Å². The number of nitrogen functional groups attached to an aromatic ring is 1. The molecule has 0 aliphatic heterocycles. The number of nitrogens with zero attached hydrogens (tertiary/aromatic N) is 1. The second-order valence-corrected chi connectivity index (χ2v) is 1.28. The van der Waals surface area contributed by atoms with E-state index in [0.717, 1.165) is 0 Å². The van der Waals surface area contributed by atoms with Crippen LogP contribution in [0.25, 0.3) is 0 Å². The predicted octanol–water partition coefficient (Wildman–Crippen LogP) is -0.848. The zero-order valence-electron chi connectivity index (χ0n) is 4.01. The van der Waals surface area contributed by atoms with E-state index in [9.17, 15) is 4.79 Å². The van der Waals surface area contributed by atoms with Crippen molar-refractivity contribution in [1.82, 2.24) is 9.97 Å². The summed E-state index contributed by atoms with van der Waals surface area (Å²) in [5.74, 6) is 0.189. The summed E-state index contributed by atoms with van der Waals surface area (Å²) in [6.07, 6.45) is 2.22. The Balaban J connectivity index is 3.28. The highest BCUT2D eigenvalue weighted by Crippen LogP contribution is 1.80. The number of hydrogen-bond acceptors (Lipinski definition) is 3. The Morgan fingerprint density at radius 1 is 1.88 bits per heavy atom. The minimum Gasteiger partial charge on any atom is -0.383 e. The summed E-state index contributed by atoms with van der Waals surface area (Å²) in [5.41, 5.74) is 4.82. The van der Waals surface area contributed by atoms with E-state index in [0.29, 0.717) is 0 Å². The van der Waals surface area contributed by atoms with Gasteiger partial charge in [-0.05, 0) is 0 Å². The molecule has 1 radical (unpaired) electrons. The van der Waals surface area contributed by atoms with Gasteiger partial charge in [0.25, 0.3) is 5.56 Å². The van der Waals surface area contributed by atoms with Crippen molar-refractivity contribution in [3.8, 4) is 0 Å². The smallest absolute Gasteiger partial charge is 0.253 e. The number of aromatic amines is 1. The van der Waals surface area contributed by atoms with Gasteiger partial charge in [0, 0.05) is 6.07 Å². The molecule has 0 saturated carbocycles. The normalized spacial score (nSPS) is 9.00. The van der Waals surface area contributed by atoms with Crippen LogP contribution < -0.4 is 11.3 Å². The van der Waals surface area contributed by atoms with Crippen molar-refractivity contribution >= 4 is 5.82 Å². The van der Waals surface area contributed by atoms with E-state index in [4.69, 9.17) is 5.73 Å². The van der Waals surface area contributed by atoms with Gasteiger partial charge in [0.05, 0.1) is 0 Å². The van der Waals surface area contributed by atoms with Gasteiger partial charge in [0.2, 0.25) is 0 Å². The fourth-order valence-electron chi connectivity index (χ4n) is 0.350. The predicted molar refractivity (Wildman–Crippen MR) is 28.1 cm³/mol. The average molecular weight is 110 g/mol. The van der Waals surface area contributed by atoms with Gasteiger partial charge < -0.3 is 10.7 Å². The molecule has 0 atom stereocenters. The number of hydrogen-bond donors (Lipinski definition) is 2. The average Bonchev–Trinajstić information content (AvgIpc) is 1.64. The van der Waals surface area contributed by atoms with Crippen LogP contribution in [-0.4, -0.2) is 9.97 Å². The van der Waals surface area contributed by atoms with Gasteiger partial charge in [-0.15, -0.1) is 0 Å². The number of nitrogens with one attached hydrogen (secondary N) is 1. The van der Waals surface area contributed by atoms with Crippen molar-refractivity contribution in [1.29, 1.82) is 0 Å². The van der Waals surface area contributed by atoms with Crippen LogP contribution in [-0.2, 0) is 0 Å². The van der Waals surface area contributed by atoms with Gasteiger partial charge in [-0.1, -0.05) is 0 Å². The highest BCUT2D eigenvalue weighted by Gasteiger charge is 1.82. The van der Waals surface area contributed by atoms with Crippen molar-refractivity contribution in [2.75, 3.05) is 5.73 Å². The molecule has 4 nitrogen and oxygen atoms in total. The van der Waals surface area contributed by atoms with Crippen LogP contribution in [0.3, 0.4) is 0 Å². The van der Waals surface area contributed by atoms with Crippen LogP contribution in [0.5, 0.6) is 0 Å². The molecule has 0 amide bonds. The maximum absolute atomic E-state index is 10.3. The first kappa shape index (κ1) is 4.83. The van der Waals surface area contributed by atoms with Gasteiger partial charge in [0.1, 0.15) is 5.82 Å². The lowest BCUT2D eigenvalue weighted by atomic mass is 10.6. The Kier molecular flexibility index (Phi) is 0.997. The molecule has 41 valence electrons. The van der Waals surface area contributed by atoms with Gasteiger partial charge in [-0.3, -0.25) is 4.79 Å². The van der Waals surface area contributed by atoms with Crippen molar-refractivity contribution in [3.63, 3.8) is 0 Å². The van der Waals surface area contributed by atoms with E-state index >= 15 is 0 Å². The second-order valence-electron chi connectivity index (χ2n) is 1.28. The van der Waals surface area contributed by atoms with Crippen LogP contribution in [0, 0.1) is 6.33 Å². The van der Waals surface area contributed by atoms with E-state index in [1.807, 2.05) is 0 Å². The van der Waals surface area contributed by atoms with Gasteiger partial charge in [0.15, 0.2) is 6.33 Å². The van der Waals surface area contributed by atoms with Crippen molar-refractivity contribution < 1.29 is 0 Å². The first-order valence-electron chi connectivity index (χ1n) is 2.02. The standard InChI is InChI=1S/C4H4N3O/c5-3-1-4(8)7-2-6-3/h1H,(H3,5,6,7,8). The van der Waals surface area contributed by atoms with E-state index in [2.05, 4.69) is 16.3 Å². The zero-order valence-corrected chi connectivity index (χ0v) is 4.01. The van der Waals surface area contributed by atoms with Gasteiger partial charge in [-0.2, -0.15) is 0 Å². The van der Waals surface area contributed by atoms with Crippen LogP contribution in [0.1, 0.15) is 0 Å². The fourth-order valence-corrected chi connectivity index (χ4v) is 0.350. The highest BCUT2D eigenvalue weighted by atomic mass is 16.1. The lowest BCUT2D eigenvalue weighted by Gasteiger charge is -1.82. The summed E-state index contributed by atoms with van der Waals surface area (Å²) in [6, 6.07) is 1.19. The molecule has 1 heterocycles. The molecule has 1 aromatic rings. The number of anilines is 1. The summed E-state index contributed by atoms with van der Waals surface area (Å²) >= 11 is 0. The molecule has 1 aromatic heterocycles. The number of aromatic nitrogens is 2. The highest BCUT2D eigenvalue weighted by molar-refractivity contribution is 5.22. The van der Waals surface area contributed by atoms with E-state index < -0.39 is 0 Å². The lowest BCUT2D eigenvalue weighted by molar-refractivity contribution is 1.11. The van der Waals surface area contributed by atoms with Crippen LogP contribution in [0.2, 0.25) is 0 Å². The van der Waals surface area contributed by atoms with Gasteiger partial charge in [-0.25, -0.2) is 4.98 Å². The third-order valence-corrected chi connectivity index (χ3v) is 0.643. The molecule has 0 aliphatic carbocycles. The Hall–Kier alpha value is -1.32. The van der Waals surface area contributed by atoms with Crippen LogP contribution in [0.15, 0.2) is 10.9 Å². The molecule has 0 saturated heterocycles. The molecule has 0 bridgehead atoms. The number of H-pyrrole nitrogens is 1. The van der Waals surface area contributed by atoms with Crippen molar-refractivity contribution in [2.24, 2.45) is 0 Å². The van der Waals surface area contributed by atoms with Crippen molar-refractivity contribution in [2.45, 2.75) is 0 Å². The van der Waals surface area contributed by atoms with E-state index in [-0.39, 0.29) is 11.4 Å². The minimum absolute atomic E-state index is 0.189. The maximum atomic E-state index is 10.3. The lowest BCUT2D eigenvalue weighted by Crippen LogP contribution is -2.06. The molecule has 1 rings (SSSR count). The summed E-state index contributed by atoms with van der Waals surface area (Å²) in [4.78, 5) is 15.9. The third-order valence-electron chi connectivity index (χ3n) is 0.643. The number of nitrogens with two attached hydrogens (primary N) is 1. The molecule has 4 heteroatoms. The van der Waals surface area contributed by atoms with E-state index in [1.165, 1.54) is 6.07 Å². The summed E-state index contributed by atoms with van der Waals surface area (Å²) in [7, 11) is 0. The number of rotatable bonds is 0. The molecule has 3 N–H and O–H groups in total. The topological polar surface area (TPSA) is 71.8 Å². The maximum Gasteiger partial charge on any atom is 0.253 e. The third kappa shape index (κ3) is 0.841. The molecular weight excluding hydrogens is 106 g/mol. The Morgan fingerprint density at radius 3 is 3.00 bits per heavy atom. The molecule has 0 fully saturated rings. The molecule has 0 spiro atoms. The Morgan fingerprint density at radius 2 is 2.62 bits per heavy atom. The summed E-state index contributed by atoms with van der Waals surface area (Å²) in [6.45, 7) is 0. The SMILES string of the molecule is Nc1cc(=O)[nH][c]n1. The monoisotopic (exact) mass is 110 g/mol. The van der Waals surface area contributed by atoms with Crippen LogP contribution >= 0.6 is 0 Å². The van der Waals surface area contributed by atoms with Crippen molar-refractivity contribution in [3.05, 3.63) is 22.7 Å². The molecule has 0 unspecified atom stereocenters. The summed E-state index contributed by atoms with van der Waals surface area (Å²) in [5, 5.41) is 0. The van der Waals surface area contributed by atoms with Crippen LogP contribution in [0.4, 0.5) is 5.82 Å². The molecule has 0 aromatic carbocycles. The quantitative estimate of drug-likeness (QED) is 0.457.